The Morgan fingerprint density at radius 2 is 2.14 bits per heavy atom. The Morgan fingerprint density at radius 1 is 1.18 bits per heavy atom. The van der Waals surface area contributed by atoms with Gasteiger partial charge in [-0.1, -0.05) is 16.4 Å². The van der Waals surface area contributed by atoms with Crippen molar-refractivity contribution in [3.05, 3.63) is 42.6 Å². The van der Waals surface area contributed by atoms with E-state index in [-0.39, 0.29) is 0 Å². The number of pyridine rings is 1. The topological polar surface area (TPSA) is 82.5 Å². The molecule has 0 N–H and O–H groups in total. The van der Waals surface area contributed by atoms with Gasteiger partial charge in [-0.3, -0.25) is 4.98 Å². The molecule has 7 heteroatoms. The van der Waals surface area contributed by atoms with Gasteiger partial charge in [0.25, 0.3) is 5.89 Å². The van der Waals surface area contributed by atoms with Crippen LogP contribution in [-0.4, -0.2) is 30.1 Å². The lowest BCUT2D eigenvalue weighted by molar-refractivity contribution is 0.431. The zero-order valence-corrected chi connectivity index (χ0v) is 11.8. The molecule has 0 unspecified atom stereocenters. The largest absolute Gasteiger partial charge is 0.332 e. The van der Waals surface area contributed by atoms with Gasteiger partial charge in [-0.25, -0.2) is 4.68 Å². The second-order valence-corrected chi connectivity index (χ2v) is 4.75. The van der Waals surface area contributed by atoms with Crippen molar-refractivity contribution in [3.8, 4) is 23.0 Å². The van der Waals surface area contributed by atoms with Crippen LogP contribution in [0.4, 0.5) is 0 Å². The maximum Gasteiger partial charge on any atom is 0.276 e. The smallest absolute Gasteiger partial charge is 0.276 e. The van der Waals surface area contributed by atoms with Gasteiger partial charge in [0, 0.05) is 18.3 Å². The highest BCUT2D eigenvalue weighted by Crippen LogP contribution is 2.23. The van der Waals surface area contributed by atoms with Crippen LogP contribution in [0.1, 0.15) is 6.92 Å². The van der Waals surface area contributed by atoms with Gasteiger partial charge in [0.1, 0.15) is 11.2 Å². The highest BCUT2D eigenvalue weighted by Gasteiger charge is 2.13. The van der Waals surface area contributed by atoms with Crippen molar-refractivity contribution < 1.29 is 4.52 Å². The fourth-order valence-electron chi connectivity index (χ4n) is 2.27. The summed E-state index contributed by atoms with van der Waals surface area (Å²) in [6, 6.07) is 11.3. The fraction of sp³-hybridized carbons (Fsp3) is 0.133. The molecule has 108 valence electrons. The van der Waals surface area contributed by atoms with Gasteiger partial charge in [-0.05, 0) is 37.3 Å². The highest BCUT2D eigenvalue weighted by molar-refractivity contribution is 5.80. The molecule has 0 atom stereocenters. The van der Waals surface area contributed by atoms with E-state index < -0.39 is 0 Å². The highest BCUT2D eigenvalue weighted by atomic mass is 16.5. The molecule has 0 spiro atoms. The number of aromatic nitrogens is 6. The molecule has 22 heavy (non-hydrogen) atoms. The molecule has 0 aliphatic rings. The van der Waals surface area contributed by atoms with Crippen molar-refractivity contribution in [2.24, 2.45) is 0 Å². The predicted molar refractivity (Wildman–Crippen MR) is 79.7 cm³/mol. The van der Waals surface area contributed by atoms with Gasteiger partial charge in [0.05, 0.1) is 5.52 Å². The van der Waals surface area contributed by atoms with E-state index in [4.69, 9.17) is 4.52 Å². The summed E-state index contributed by atoms with van der Waals surface area (Å²) in [5.74, 6) is 0.921. The molecule has 0 bridgehead atoms. The number of fused-ring (bicyclic) bond motifs is 1. The van der Waals surface area contributed by atoms with E-state index >= 15 is 0 Å². The third-order valence-corrected chi connectivity index (χ3v) is 3.38. The van der Waals surface area contributed by atoms with Crippen LogP contribution in [0.15, 0.2) is 47.1 Å². The summed E-state index contributed by atoms with van der Waals surface area (Å²) in [6.45, 7) is 2.78. The Labute approximate surface area is 125 Å². The Hall–Kier alpha value is -3.09. The zero-order valence-electron chi connectivity index (χ0n) is 11.8. The first-order chi connectivity index (χ1) is 10.8. The molecule has 3 aromatic heterocycles. The maximum atomic E-state index is 5.29. The van der Waals surface area contributed by atoms with Crippen LogP contribution >= 0.6 is 0 Å². The Morgan fingerprint density at radius 3 is 2.95 bits per heavy atom. The number of benzene rings is 1. The van der Waals surface area contributed by atoms with E-state index in [2.05, 4.69) is 25.4 Å². The first kappa shape index (κ1) is 12.6. The number of hydrogen-bond acceptors (Lipinski definition) is 6. The molecule has 3 heterocycles. The van der Waals surface area contributed by atoms with Crippen molar-refractivity contribution in [2.75, 3.05) is 0 Å². The second-order valence-electron chi connectivity index (χ2n) is 4.75. The average Bonchev–Trinajstić information content (AvgIpc) is 3.22. The molecule has 0 radical (unpaired) electrons. The van der Waals surface area contributed by atoms with E-state index in [1.54, 1.807) is 6.20 Å². The van der Waals surface area contributed by atoms with Gasteiger partial charge >= 0.3 is 0 Å². The summed E-state index contributed by atoms with van der Waals surface area (Å²) in [6.07, 6.45) is 1.69. The maximum absolute atomic E-state index is 5.29. The van der Waals surface area contributed by atoms with E-state index in [1.165, 1.54) is 0 Å². The zero-order chi connectivity index (χ0) is 14.9. The van der Waals surface area contributed by atoms with Crippen LogP contribution in [-0.2, 0) is 6.54 Å². The van der Waals surface area contributed by atoms with E-state index in [0.717, 1.165) is 23.1 Å². The standard InChI is InChI=1S/C15H12N6O/c1-2-21-13-9-10(6-7-11(13)18-20-21)14-17-15(22-19-14)12-5-3-4-8-16-12/h3-9H,2H2,1H3. The lowest BCUT2D eigenvalue weighted by Gasteiger charge is -1.98. The summed E-state index contributed by atoms with van der Waals surface area (Å²) in [5, 5.41) is 12.2. The van der Waals surface area contributed by atoms with Crippen LogP contribution in [0.2, 0.25) is 0 Å². The van der Waals surface area contributed by atoms with E-state index in [1.807, 2.05) is 48.0 Å². The summed E-state index contributed by atoms with van der Waals surface area (Å²) in [4.78, 5) is 8.61. The molecular weight excluding hydrogens is 280 g/mol. The van der Waals surface area contributed by atoms with Crippen LogP contribution in [0.5, 0.6) is 0 Å². The van der Waals surface area contributed by atoms with E-state index in [9.17, 15) is 0 Å². The van der Waals surface area contributed by atoms with Crippen LogP contribution in [0.25, 0.3) is 34.0 Å². The van der Waals surface area contributed by atoms with Gasteiger partial charge in [0.2, 0.25) is 5.82 Å². The molecule has 7 nitrogen and oxygen atoms in total. The van der Waals surface area contributed by atoms with Crippen molar-refractivity contribution >= 4 is 11.0 Å². The van der Waals surface area contributed by atoms with Crippen LogP contribution in [0.3, 0.4) is 0 Å². The van der Waals surface area contributed by atoms with Gasteiger partial charge in [0.15, 0.2) is 0 Å². The summed E-state index contributed by atoms with van der Waals surface area (Å²) >= 11 is 0. The molecule has 1 aromatic carbocycles. The molecular formula is C15H12N6O. The number of rotatable bonds is 3. The molecule has 0 aliphatic carbocycles. The van der Waals surface area contributed by atoms with Crippen LogP contribution < -0.4 is 0 Å². The molecule has 4 aromatic rings. The van der Waals surface area contributed by atoms with Crippen LogP contribution in [0, 0.1) is 0 Å². The molecule has 4 rings (SSSR count). The molecule has 0 saturated carbocycles. The summed E-state index contributed by atoms with van der Waals surface area (Å²) < 4.78 is 7.13. The van der Waals surface area contributed by atoms with Gasteiger partial charge in [-0.15, -0.1) is 5.10 Å². The third-order valence-electron chi connectivity index (χ3n) is 3.38. The van der Waals surface area contributed by atoms with Gasteiger partial charge < -0.3 is 4.52 Å². The minimum Gasteiger partial charge on any atom is -0.332 e. The Balaban J connectivity index is 1.77. The number of aryl methyl sites for hydroxylation is 1. The molecule has 0 fully saturated rings. The number of nitrogens with zero attached hydrogens (tertiary/aromatic N) is 6. The monoisotopic (exact) mass is 292 g/mol. The van der Waals surface area contributed by atoms with E-state index in [0.29, 0.717) is 17.4 Å². The van der Waals surface area contributed by atoms with Crippen molar-refractivity contribution in [1.82, 2.24) is 30.1 Å². The lowest BCUT2D eigenvalue weighted by atomic mass is 10.2. The third kappa shape index (κ3) is 2.03. The van der Waals surface area contributed by atoms with Crippen molar-refractivity contribution in [3.63, 3.8) is 0 Å². The summed E-state index contributed by atoms with van der Waals surface area (Å²) in [7, 11) is 0. The minimum absolute atomic E-state index is 0.401. The predicted octanol–water partition coefficient (Wildman–Crippen LogP) is 2.56. The van der Waals surface area contributed by atoms with Crippen molar-refractivity contribution in [2.45, 2.75) is 13.5 Å². The molecule has 0 aliphatic heterocycles. The first-order valence-electron chi connectivity index (χ1n) is 6.94. The molecule has 0 saturated heterocycles. The second kappa shape index (κ2) is 5.03. The minimum atomic E-state index is 0.401. The summed E-state index contributed by atoms with van der Waals surface area (Å²) in [5.41, 5.74) is 3.31. The number of hydrogen-bond donors (Lipinski definition) is 0. The lowest BCUT2D eigenvalue weighted by Crippen LogP contribution is -1.96. The average molecular weight is 292 g/mol. The fourth-order valence-corrected chi connectivity index (χ4v) is 2.27. The first-order valence-corrected chi connectivity index (χ1v) is 6.94. The molecule has 0 amide bonds. The van der Waals surface area contributed by atoms with Gasteiger partial charge in [-0.2, -0.15) is 4.98 Å². The Kier molecular flexibility index (Phi) is 2.89. The SMILES string of the molecule is CCn1nnc2ccc(-c3noc(-c4ccccn4)n3)cc21. The quantitative estimate of drug-likeness (QED) is 0.577. The normalized spacial score (nSPS) is 11.1. The van der Waals surface area contributed by atoms with Crippen molar-refractivity contribution in [1.29, 1.82) is 0 Å². The Bertz CT molecular complexity index is 928.